The van der Waals surface area contributed by atoms with Gasteiger partial charge in [-0.3, -0.25) is 10.1 Å². The Balaban J connectivity index is 1.95. The Morgan fingerprint density at radius 3 is 2.66 bits per heavy atom. The summed E-state index contributed by atoms with van der Waals surface area (Å²) in [4.78, 5) is 10.5. The lowest BCUT2D eigenvalue weighted by Crippen LogP contribution is -2.02. The van der Waals surface area contributed by atoms with Gasteiger partial charge in [0.05, 0.1) is 27.6 Å². The van der Waals surface area contributed by atoms with Crippen molar-refractivity contribution in [1.29, 1.82) is 5.26 Å². The Kier molecular flexibility index (Phi) is 7.58. The normalized spacial score (nSPS) is 11.0. The maximum Gasteiger partial charge on any atom is 0.270 e. The lowest BCUT2D eigenvalue weighted by atomic mass is 10.0. The van der Waals surface area contributed by atoms with E-state index in [2.05, 4.69) is 22.0 Å². The molecule has 0 bridgehead atoms. The second-order valence-electron chi connectivity index (χ2n) is 6.62. The summed E-state index contributed by atoms with van der Waals surface area (Å²) in [5.74, 6) is 0.457. The SMILES string of the molecule is CCOc1cc(/C=C(/C#N)c2cccc([N+](=O)[O-])c2)cc(Br)c1OCc1ccccc1F. The van der Waals surface area contributed by atoms with E-state index in [0.29, 0.717) is 39.3 Å². The summed E-state index contributed by atoms with van der Waals surface area (Å²) in [6, 6.07) is 17.7. The quantitative estimate of drug-likeness (QED) is 0.153. The van der Waals surface area contributed by atoms with Crippen molar-refractivity contribution in [3.63, 3.8) is 0 Å². The van der Waals surface area contributed by atoms with Crippen molar-refractivity contribution in [2.75, 3.05) is 6.61 Å². The molecule has 0 saturated carbocycles. The summed E-state index contributed by atoms with van der Waals surface area (Å²) in [7, 11) is 0. The minimum atomic E-state index is -0.510. The number of nitro groups is 1. The van der Waals surface area contributed by atoms with Gasteiger partial charge < -0.3 is 9.47 Å². The predicted octanol–water partition coefficient (Wildman–Crippen LogP) is 6.54. The van der Waals surface area contributed by atoms with E-state index >= 15 is 0 Å². The van der Waals surface area contributed by atoms with Gasteiger partial charge in [-0.05, 0) is 58.3 Å². The number of benzene rings is 3. The molecule has 0 unspecified atom stereocenters. The van der Waals surface area contributed by atoms with Crippen LogP contribution in [0, 0.1) is 27.3 Å². The fourth-order valence-corrected chi connectivity index (χ4v) is 3.55. The van der Waals surface area contributed by atoms with Crippen LogP contribution in [0.1, 0.15) is 23.6 Å². The van der Waals surface area contributed by atoms with Crippen molar-refractivity contribution in [2.24, 2.45) is 0 Å². The third-order valence-corrected chi connectivity index (χ3v) is 5.05. The molecule has 0 spiro atoms. The third-order valence-electron chi connectivity index (χ3n) is 4.46. The van der Waals surface area contributed by atoms with Gasteiger partial charge in [0.2, 0.25) is 0 Å². The van der Waals surface area contributed by atoms with Crippen molar-refractivity contribution in [3.8, 4) is 17.6 Å². The highest BCUT2D eigenvalue weighted by Gasteiger charge is 2.14. The van der Waals surface area contributed by atoms with E-state index < -0.39 is 4.92 Å². The predicted molar refractivity (Wildman–Crippen MR) is 123 cm³/mol. The number of hydrogen-bond acceptors (Lipinski definition) is 5. The summed E-state index contributed by atoms with van der Waals surface area (Å²) < 4.78 is 26.0. The highest BCUT2D eigenvalue weighted by Crippen LogP contribution is 2.38. The fraction of sp³-hybridized carbons (Fsp3) is 0.125. The first kappa shape index (κ1) is 23.0. The zero-order valence-corrected chi connectivity index (χ0v) is 18.6. The molecule has 0 aromatic heterocycles. The maximum atomic E-state index is 13.9. The molecule has 0 N–H and O–H groups in total. The van der Waals surface area contributed by atoms with Crippen molar-refractivity contribution in [1.82, 2.24) is 0 Å². The molecule has 0 fully saturated rings. The minimum absolute atomic E-state index is 0.0116. The van der Waals surface area contributed by atoms with Gasteiger partial charge in [-0.2, -0.15) is 5.26 Å². The number of nitro benzene ring substituents is 1. The number of halogens is 2. The summed E-state index contributed by atoms with van der Waals surface area (Å²) in [5, 5.41) is 20.7. The van der Waals surface area contributed by atoms with Crippen molar-refractivity contribution < 1.29 is 18.8 Å². The van der Waals surface area contributed by atoms with E-state index in [9.17, 15) is 19.8 Å². The van der Waals surface area contributed by atoms with Gasteiger partial charge in [0, 0.05) is 17.7 Å². The van der Waals surface area contributed by atoms with Crippen molar-refractivity contribution in [2.45, 2.75) is 13.5 Å². The van der Waals surface area contributed by atoms with Crippen LogP contribution in [0.15, 0.2) is 65.1 Å². The van der Waals surface area contributed by atoms with E-state index in [1.807, 2.05) is 6.92 Å². The van der Waals surface area contributed by atoms with E-state index in [1.54, 1.807) is 42.5 Å². The Bertz CT molecular complexity index is 1220. The van der Waals surface area contributed by atoms with Crippen LogP contribution >= 0.6 is 15.9 Å². The molecule has 8 heteroatoms. The Morgan fingerprint density at radius 1 is 1.19 bits per heavy atom. The van der Waals surface area contributed by atoms with Crippen LogP contribution in [0.5, 0.6) is 11.5 Å². The Labute approximate surface area is 192 Å². The van der Waals surface area contributed by atoms with E-state index in [4.69, 9.17) is 9.47 Å². The zero-order valence-electron chi connectivity index (χ0n) is 17.0. The molecule has 0 radical (unpaired) electrons. The highest BCUT2D eigenvalue weighted by atomic mass is 79.9. The number of nitriles is 1. The molecule has 0 aliphatic rings. The van der Waals surface area contributed by atoms with Crippen LogP contribution in [0.2, 0.25) is 0 Å². The first-order valence-corrected chi connectivity index (χ1v) is 10.4. The first-order chi connectivity index (χ1) is 15.4. The molecule has 6 nitrogen and oxygen atoms in total. The van der Waals surface area contributed by atoms with Gasteiger partial charge in [0.1, 0.15) is 12.4 Å². The molecule has 0 amide bonds. The number of allylic oxidation sites excluding steroid dienone is 1. The second kappa shape index (κ2) is 10.6. The fourth-order valence-electron chi connectivity index (χ4n) is 2.97. The van der Waals surface area contributed by atoms with Crippen LogP contribution < -0.4 is 9.47 Å². The molecule has 3 rings (SSSR count). The summed E-state index contributed by atoms with van der Waals surface area (Å²) >= 11 is 3.46. The minimum Gasteiger partial charge on any atom is -0.490 e. The van der Waals surface area contributed by atoms with Crippen molar-refractivity contribution >= 4 is 33.3 Å². The van der Waals surface area contributed by atoms with Crippen LogP contribution in [-0.2, 0) is 6.61 Å². The van der Waals surface area contributed by atoms with Gasteiger partial charge in [0.25, 0.3) is 5.69 Å². The van der Waals surface area contributed by atoms with Gasteiger partial charge >= 0.3 is 0 Å². The average molecular weight is 497 g/mol. The Morgan fingerprint density at radius 2 is 1.97 bits per heavy atom. The van der Waals surface area contributed by atoms with Crippen molar-refractivity contribution in [3.05, 3.63) is 97.8 Å². The smallest absolute Gasteiger partial charge is 0.270 e. The monoisotopic (exact) mass is 496 g/mol. The Hall–Kier alpha value is -3.70. The van der Waals surface area contributed by atoms with E-state index in [-0.39, 0.29) is 23.7 Å². The maximum absolute atomic E-state index is 13.9. The molecular formula is C24H18BrFN2O4. The van der Waals surface area contributed by atoms with Gasteiger partial charge in [-0.25, -0.2) is 4.39 Å². The van der Waals surface area contributed by atoms with Crippen LogP contribution in [0.25, 0.3) is 11.6 Å². The molecule has 3 aromatic carbocycles. The second-order valence-corrected chi connectivity index (χ2v) is 7.47. The molecule has 162 valence electrons. The van der Waals surface area contributed by atoms with Gasteiger partial charge in [-0.15, -0.1) is 0 Å². The number of non-ortho nitro benzene ring substituents is 1. The standard InChI is InChI=1S/C24H18BrFN2O4/c1-2-31-23-12-16(10-19(14-27)17-7-5-8-20(13-17)28(29)30)11-21(25)24(23)32-15-18-6-3-4-9-22(18)26/h3-13H,2,15H2,1H3/b19-10-. The van der Waals surface area contributed by atoms with Crippen LogP contribution in [0.4, 0.5) is 10.1 Å². The lowest BCUT2D eigenvalue weighted by Gasteiger charge is -2.15. The van der Waals surface area contributed by atoms with Gasteiger partial charge in [0.15, 0.2) is 11.5 Å². The zero-order chi connectivity index (χ0) is 23.1. The summed E-state index contributed by atoms with van der Waals surface area (Å²) in [6.07, 6.45) is 1.60. The third kappa shape index (κ3) is 5.50. The molecule has 0 aliphatic carbocycles. The molecule has 32 heavy (non-hydrogen) atoms. The largest absolute Gasteiger partial charge is 0.490 e. The molecule has 0 saturated heterocycles. The average Bonchev–Trinajstić information content (AvgIpc) is 2.78. The van der Waals surface area contributed by atoms with Gasteiger partial charge in [-0.1, -0.05) is 30.3 Å². The summed E-state index contributed by atoms with van der Waals surface area (Å²) in [5.41, 5.74) is 1.61. The van der Waals surface area contributed by atoms with E-state index in [1.165, 1.54) is 24.3 Å². The molecule has 0 aliphatic heterocycles. The molecule has 3 aromatic rings. The van der Waals surface area contributed by atoms with Crippen LogP contribution in [0.3, 0.4) is 0 Å². The molecular weight excluding hydrogens is 479 g/mol. The lowest BCUT2D eigenvalue weighted by molar-refractivity contribution is -0.384. The van der Waals surface area contributed by atoms with Crippen LogP contribution in [-0.4, -0.2) is 11.5 Å². The first-order valence-electron chi connectivity index (χ1n) is 9.62. The number of hydrogen-bond donors (Lipinski definition) is 0. The number of ether oxygens (including phenoxy) is 2. The highest BCUT2D eigenvalue weighted by molar-refractivity contribution is 9.10. The number of rotatable bonds is 8. The number of nitrogens with zero attached hydrogens (tertiary/aromatic N) is 2. The molecule has 0 atom stereocenters. The molecule has 0 heterocycles. The topological polar surface area (TPSA) is 85.4 Å². The van der Waals surface area contributed by atoms with E-state index in [0.717, 1.165) is 0 Å². The summed E-state index contributed by atoms with van der Waals surface area (Å²) in [6.45, 7) is 2.20.